The molecule has 3 aromatic rings. The summed E-state index contributed by atoms with van der Waals surface area (Å²) in [6.07, 6.45) is 8.28. The molecule has 8 heteroatoms. The number of hydrogen-bond donors (Lipinski definition) is 1. The van der Waals surface area contributed by atoms with Crippen LogP contribution in [0.3, 0.4) is 0 Å². The van der Waals surface area contributed by atoms with E-state index in [-0.39, 0.29) is 23.8 Å². The van der Waals surface area contributed by atoms with Crippen LogP contribution in [0.1, 0.15) is 42.5 Å². The minimum atomic E-state index is -0.0612. The molecule has 0 unspecified atom stereocenters. The summed E-state index contributed by atoms with van der Waals surface area (Å²) < 4.78 is 7.46. The van der Waals surface area contributed by atoms with Crippen molar-refractivity contribution in [2.24, 2.45) is 13.0 Å². The lowest BCUT2D eigenvalue weighted by molar-refractivity contribution is -0.122. The van der Waals surface area contributed by atoms with Crippen molar-refractivity contribution in [2.75, 3.05) is 25.5 Å². The molecule has 2 fully saturated rings. The Kier molecular flexibility index (Phi) is 5.85. The molecule has 0 bridgehead atoms. The third-order valence-corrected chi connectivity index (χ3v) is 6.89. The highest BCUT2D eigenvalue weighted by atomic mass is 16.5. The highest BCUT2D eigenvalue weighted by Crippen LogP contribution is 2.33. The first-order chi connectivity index (χ1) is 16.0. The molecular formula is C25H29N5O3. The summed E-state index contributed by atoms with van der Waals surface area (Å²) in [4.78, 5) is 37.0. The van der Waals surface area contributed by atoms with Crippen molar-refractivity contribution in [1.29, 1.82) is 0 Å². The lowest BCUT2D eigenvalue weighted by atomic mass is 9.85. The van der Waals surface area contributed by atoms with Crippen LogP contribution < -0.4 is 5.32 Å². The number of benzene rings is 1. The number of nitrogens with one attached hydrogen (secondary N) is 1. The van der Waals surface area contributed by atoms with Crippen LogP contribution in [0.4, 0.5) is 5.69 Å². The molecule has 172 valence electrons. The Morgan fingerprint density at radius 3 is 2.61 bits per heavy atom. The highest BCUT2D eigenvalue weighted by Gasteiger charge is 2.28. The van der Waals surface area contributed by atoms with Gasteiger partial charge < -0.3 is 19.5 Å². The number of ether oxygens (including phenoxy) is 1. The van der Waals surface area contributed by atoms with Gasteiger partial charge in [0.05, 0.1) is 22.8 Å². The molecular weight excluding hydrogens is 418 g/mol. The van der Waals surface area contributed by atoms with Crippen LogP contribution in [0, 0.1) is 5.92 Å². The number of nitrogens with zero attached hydrogens (tertiary/aromatic N) is 4. The number of carbonyl (C=O) groups excluding carboxylic acids is 2. The number of rotatable bonds is 5. The van der Waals surface area contributed by atoms with Gasteiger partial charge in [0.2, 0.25) is 5.91 Å². The molecule has 1 saturated carbocycles. The van der Waals surface area contributed by atoms with E-state index in [4.69, 9.17) is 9.72 Å². The van der Waals surface area contributed by atoms with Crippen LogP contribution in [-0.2, 0) is 16.6 Å². The molecule has 5 rings (SSSR count). The largest absolute Gasteiger partial charge is 0.380 e. The van der Waals surface area contributed by atoms with Gasteiger partial charge in [-0.25, -0.2) is 4.98 Å². The lowest BCUT2D eigenvalue weighted by Gasteiger charge is -2.32. The molecule has 3 heterocycles. The lowest BCUT2D eigenvalue weighted by Crippen LogP contribution is -2.42. The van der Waals surface area contributed by atoms with Gasteiger partial charge in [-0.05, 0) is 49.9 Å². The van der Waals surface area contributed by atoms with Crippen LogP contribution in [0.5, 0.6) is 0 Å². The standard InChI is InChI=1S/C25H29N5O3/c1-29-22-20(27-23(29)16-8-10-26-11-9-16)13-18(14-21(22)28-24(31)17-5-3-6-17)25(32)30-12-4-7-19(15-30)33-2/h8-11,13-14,17,19H,3-7,12,15H2,1-2H3,(H,28,31)/t19-/m0/s1. The van der Waals surface area contributed by atoms with Gasteiger partial charge >= 0.3 is 0 Å². The summed E-state index contributed by atoms with van der Waals surface area (Å²) in [5.74, 6) is 0.746. The highest BCUT2D eigenvalue weighted by molar-refractivity contribution is 6.06. The zero-order valence-electron chi connectivity index (χ0n) is 19.1. The molecule has 0 spiro atoms. The Hall–Kier alpha value is -3.26. The van der Waals surface area contributed by atoms with Gasteiger partial charge in [-0.3, -0.25) is 14.6 Å². The first-order valence-corrected chi connectivity index (χ1v) is 11.6. The number of anilines is 1. The van der Waals surface area contributed by atoms with Crippen LogP contribution in [0.2, 0.25) is 0 Å². The van der Waals surface area contributed by atoms with E-state index in [1.165, 1.54) is 0 Å². The van der Waals surface area contributed by atoms with E-state index in [0.717, 1.165) is 49.0 Å². The fourth-order valence-corrected chi connectivity index (χ4v) is 4.73. The summed E-state index contributed by atoms with van der Waals surface area (Å²) >= 11 is 0. The maximum atomic E-state index is 13.4. The second-order valence-corrected chi connectivity index (χ2v) is 8.99. The van der Waals surface area contributed by atoms with E-state index in [9.17, 15) is 9.59 Å². The molecule has 1 saturated heterocycles. The Bertz CT molecular complexity index is 1190. The summed E-state index contributed by atoms with van der Waals surface area (Å²) in [6.45, 7) is 1.27. The van der Waals surface area contributed by atoms with Crippen molar-refractivity contribution in [3.05, 3.63) is 42.2 Å². The fourth-order valence-electron chi connectivity index (χ4n) is 4.73. The van der Waals surface area contributed by atoms with Gasteiger partial charge in [-0.2, -0.15) is 0 Å². The van der Waals surface area contributed by atoms with Gasteiger partial charge in [0, 0.05) is 56.7 Å². The molecule has 1 aliphatic carbocycles. The molecule has 1 N–H and O–H groups in total. The Morgan fingerprint density at radius 2 is 1.91 bits per heavy atom. The summed E-state index contributed by atoms with van der Waals surface area (Å²) in [5.41, 5.74) is 3.57. The maximum absolute atomic E-state index is 13.4. The normalized spacial score (nSPS) is 18.8. The van der Waals surface area contributed by atoms with E-state index < -0.39 is 0 Å². The second kappa shape index (κ2) is 8.94. The molecule has 1 aliphatic heterocycles. The van der Waals surface area contributed by atoms with Crippen molar-refractivity contribution in [2.45, 2.75) is 38.2 Å². The number of aromatic nitrogens is 3. The van der Waals surface area contributed by atoms with Crippen LogP contribution in [0.25, 0.3) is 22.4 Å². The third kappa shape index (κ3) is 4.11. The predicted molar refractivity (Wildman–Crippen MR) is 126 cm³/mol. The van der Waals surface area contributed by atoms with Gasteiger partial charge in [-0.15, -0.1) is 0 Å². The number of amides is 2. The van der Waals surface area contributed by atoms with Gasteiger partial charge in [0.15, 0.2) is 0 Å². The Balaban J connectivity index is 1.57. The number of piperidine rings is 1. The number of imidazole rings is 1. The van der Waals surface area contributed by atoms with Crippen LogP contribution in [0.15, 0.2) is 36.7 Å². The average molecular weight is 448 g/mol. The quantitative estimate of drug-likeness (QED) is 0.645. The zero-order valence-corrected chi connectivity index (χ0v) is 19.1. The average Bonchev–Trinajstić information content (AvgIpc) is 3.14. The first-order valence-electron chi connectivity index (χ1n) is 11.6. The van der Waals surface area contributed by atoms with Crippen molar-refractivity contribution < 1.29 is 14.3 Å². The zero-order chi connectivity index (χ0) is 22.9. The Morgan fingerprint density at radius 1 is 1.12 bits per heavy atom. The molecule has 2 aliphatic rings. The summed E-state index contributed by atoms with van der Waals surface area (Å²) in [6, 6.07) is 7.43. The second-order valence-electron chi connectivity index (χ2n) is 8.99. The van der Waals surface area contributed by atoms with Gasteiger partial charge in [0.1, 0.15) is 5.82 Å². The number of pyridine rings is 1. The van der Waals surface area contributed by atoms with E-state index >= 15 is 0 Å². The molecule has 8 nitrogen and oxygen atoms in total. The number of methoxy groups -OCH3 is 1. The van der Waals surface area contributed by atoms with E-state index in [2.05, 4.69) is 10.3 Å². The van der Waals surface area contributed by atoms with E-state index in [1.54, 1.807) is 25.6 Å². The molecule has 33 heavy (non-hydrogen) atoms. The smallest absolute Gasteiger partial charge is 0.254 e. The minimum Gasteiger partial charge on any atom is -0.380 e. The summed E-state index contributed by atoms with van der Waals surface area (Å²) in [7, 11) is 3.62. The van der Waals surface area contributed by atoms with E-state index in [0.29, 0.717) is 29.9 Å². The maximum Gasteiger partial charge on any atom is 0.254 e. The van der Waals surface area contributed by atoms with Crippen molar-refractivity contribution in [3.63, 3.8) is 0 Å². The molecule has 2 aromatic heterocycles. The summed E-state index contributed by atoms with van der Waals surface area (Å²) in [5, 5.41) is 3.10. The number of likely N-dealkylation sites (tertiary alicyclic amines) is 1. The first kappa shape index (κ1) is 21.6. The topological polar surface area (TPSA) is 89.3 Å². The van der Waals surface area contributed by atoms with Crippen LogP contribution in [-0.4, -0.2) is 57.6 Å². The van der Waals surface area contributed by atoms with Crippen molar-refractivity contribution in [1.82, 2.24) is 19.4 Å². The molecule has 1 aromatic carbocycles. The SMILES string of the molecule is CO[C@H]1CCCN(C(=O)c2cc(NC(=O)C3CCC3)c3c(c2)nc(-c2ccncc2)n3C)C1. The fraction of sp³-hybridized carbons (Fsp3) is 0.440. The van der Waals surface area contributed by atoms with E-state index in [1.807, 2.05) is 34.7 Å². The molecule has 1 atom stereocenters. The number of aryl methyl sites for hydroxylation is 1. The molecule has 0 radical (unpaired) electrons. The molecule has 2 amide bonds. The minimum absolute atomic E-state index is 0.0104. The van der Waals surface area contributed by atoms with Gasteiger partial charge in [0.25, 0.3) is 5.91 Å². The predicted octanol–water partition coefficient (Wildman–Crippen LogP) is 3.62. The number of hydrogen-bond acceptors (Lipinski definition) is 5. The number of fused-ring (bicyclic) bond motifs is 1. The van der Waals surface area contributed by atoms with Crippen LogP contribution >= 0.6 is 0 Å². The van der Waals surface area contributed by atoms with Crippen molar-refractivity contribution in [3.8, 4) is 11.4 Å². The van der Waals surface area contributed by atoms with Gasteiger partial charge in [-0.1, -0.05) is 6.42 Å². The number of carbonyl (C=O) groups is 2. The monoisotopic (exact) mass is 447 g/mol. The Labute approximate surface area is 193 Å². The van der Waals surface area contributed by atoms with Crippen molar-refractivity contribution >= 4 is 28.5 Å². The third-order valence-electron chi connectivity index (χ3n) is 6.89.